The molecule has 0 unspecified atom stereocenters. The summed E-state index contributed by atoms with van der Waals surface area (Å²) in [5.74, 6) is 1.02. The van der Waals surface area contributed by atoms with E-state index in [2.05, 4.69) is 15.9 Å². The van der Waals surface area contributed by atoms with Crippen molar-refractivity contribution >= 4 is 33.3 Å². The molecule has 0 aliphatic heterocycles. The molecule has 0 radical (unpaired) electrons. The van der Waals surface area contributed by atoms with Crippen molar-refractivity contribution in [3.05, 3.63) is 57.0 Å². The van der Waals surface area contributed by atoms with Crippen LogP contribution in [0, 0.1) is 6.92 Å². The lowest BCUT2D eigenvalue weighted by molar-refractivity contribution is 0.0921. The number of ether oxygens (including phenoxy) is 2. The Morgan fingerprint density at radius 2 is 1.90 bits per heavy atom. The summed E-state index contributed by atoms with van der Waals surface area (Å²) in [6.07, 6.45) is 0. The summed E-state index contributed by atoms with van der Waals surface area (Å²) in [7, 11) is 1.53. The Kier molecular flexibility index (Phi) is 5.26. The van der Waals surface area contributed by atoms with Crippen molar-refractivity contribution in [2.24, 2.45) is 0 Å². The van der Waals surface area contributed by atoms with Gasteiger partial charge in [0.25, 0.3) is 0 Å². The Bertz CT molecular complexity index is 671. The van der Waals surface area contributed by atoms with E-state index in [4.69, 9.17) is 21.1 Å². The summed E-state index contributed by atoms with van der Waals surface area (Å²) < 4.78 is 11.4. The first-order valence-electron chi connectivity index (χ1n) is 6.27. The molecule has 0 saturated carbocycles. The summed E-state index contributed by atoms with van der Waals surface area (Å²) >= 11 is 9.42. The molecule has 0 amide bonds. The van der Waals surface area contributed by atoms with E-state index < -0.39 is 0 Å². The van der Waals surface area contributed by atoms with E-state index in [9.17, 15) is 4.79 Å². The van der Waals surface area contributed by atoms with Gasteiger partial charge in [-0.05, 0) is 58.7 Å². The maximum Gasteiger partial charge on any atom is 0.200 e. The first-order valence-corrected chi connectivity index (χ1v) is 7.44. The van der Waals surface area contributed by atoms with E-state index in [0.717, 1.165) is 10.0 Å². The number of methoxy groups -OCH3 is 1. The van der Waals surface area contributed by atoms with Crippen LogP contribution in [0.15, 0.2) is 40.9 Å². The molecule has 5 heteroatoms. The second-order valence-corrected chi connectivity index (χ2v) is 5.76. The smallest absolute Gasteiger partial charge is 0.200 e. The molecule has 3 nitrogen and oxygen atoms in total. The van der Waals surface area contributed by atoms with Crippen LogP contribution in [-0.2, 0) is 0 Å². The third-order valence-electron chi connectivity index (χ3n) is 2.92. The van der Waals surface area contributed by atoms with E-state index in [1.807, 2.05) is 25.1 Å². The first-order chi connectivity index (χ1) is 10.0. The van der Waals surface area contributed by atoms with Gasteiger partial charge in [-0.25, -0.2) is 0 Å². The SMILES string of the molecule is COc1ccc(C(=O)COc2ccc(C)cc2Br)cc1Cl. The monoisotopic (exact) mass is 368 g/mol. The van der Waals surface area contributed by atoms with Gasteiger partial charge in [-0.2, -0.15) is 0 Å². The van der Waals surface area contributed by atoms with Crippen molar-refractivity contribution in [2.45, 2.75) is 6.92 Å². The van der Waals surface area contributed by atoms with Crippen molar-refractivity contribution in [3.8, 4) is 11.5 Å². The van der Waals surface area contributed by atoms with Crippen LogP contribution in [0.4, 0.5) is 0 Å². The van der Waals surface area contributed by atoms with Gasteiger partial charge in [-0.3, -0.25) is 4.79 Å². The number of carbonyl (C=O) groups excluding carboxylic acids is 1. The van der Waals surface area contributed by atoms with Crippen LogP contribution < -0.4 is 9.47 Å². The molecule has 0 fully saturated rings. The van der Waals surface area contributed by atoms with Gasteiger partial charge in [-0.15, -0.1) is 0 Å². The lowest BCUT2D eigenvalue weighted by Gasteiger charge is -2.09. The van der Waals surface area contributed by atoms with E-state index in [-0.39, 0.29) is 12.4 Å². The summed E-state index contributed by atoms with van der Waals surface area (Å²) in [6.45, 7) is 1.93. The van der Waals surface area contributed by atoms with Crippen molar-refractivity contribution in [1.82, 2.24) is 0 Å². The zero-order chi connectivity index (χ0) is 15.4. The van der Waals surface area contributed by atoms with Crippen LogP contribution in [0.1, 0.15) is 15.9 Å². The third-order valence-corrected chi connectivity index (χ3v) is 3.83. The minimum Gasteiger partial charge on any atom is -0.495 e. The molecule has 0 bridgehead atoms. The van der Waals surface area contributed by atoms with Gasteiger partial charge in [0, 0.05) is 5.56 Å². The quantitative estimate of drug-likeness (QED) is 0.718. The number of Topliss-reactive ketones (excluding diaryl/α,β-unsaturated/α-hetero) is 1. The number of aryl methyl sites for hydroxylation is 1. The highest BCUT2D eigenvalue weighted by Crippen LogP contribution is 2.27. The van der Waals surface area contributed by atoms with Gasteiger partial charge in [0.05, 0.1) is 16.6 Å². The van der Waals surface area contributed by atoms with E-state index in [0.29, 0.717) is 22.1 Å². The lowest BCUT2D eigenvalue weighted by atomic mass is 10.1. The fourth-order valence-corrected chi connectivity index (χ4v) is 2.65. The number of hydrogen-bond acceptors (Lipinski definition) is 3. The predicted octanol–water partition coefficient (Wildman–Crippen LogP) is 4.68. The zero-order valence-electron chi connectivity index (χ0n) is 11.7. The number of hydrogen-bond donors (Lipinski definition) is 0. The number of ketones is 1. The van der Waals surface area contributed by atoms with Crippen LogP contribution in [0.2, 0.25) is 5.02 Å². The minimum absolute atomic E-state index is 0.0513. The van der Waals surface area contributed by atoms with Crippen molar-refractivity contribution < 1.29 is 14.3 Å². The van der Waals surface area contributed by atoms with Gasteiger partial charge < -0.3 is 9.47 Å². The summed E-state index contributed by atoms with van der Waals surface area (Å²) in [5, 5.41) is 0.403. The fraction of sp³-hybridized carbons (Fsp3) is 0.188. The molecule has 0 aliphatic rings. The van der Waals surface area contributed by atoms with Gasteiger partial charge >= 0.3 is 0 Å². The van der Waals surface area contributed by atoms with Crippen molar-refractivity contribution in [1.29, 1.82) is 0 Å². The molecule has 2 aromatic carbocycles. The molecule has 21 heavy (non-hydrogen) atoms. The second kappa shape index (κ2) is 6.96. The Balaban J connectivity index is 2.06. The minimum atomic E-state index is -0.146. The van der Waals surface area contributed by atoms with Crippen LogP contribution in [-0.4, -0.2) is 19.5 Å². The van der Waals surface area contributed by atoms with E-state index in [1.54, 1.807) is 18.2 Å². The topological polar surface area (TPSA) is 35.5 Å². The normalized spacial score (nSPS) is 10.3. The Labute approximate surface area is 137 Å². The molecule has 0 N–H and O–H groups in total. The largest absolute Gasteiger partial charge is 0.495 e. The van der Waals surface area contributed by atoms with E-state index in [1.165, 1.54) is 7.11 Å². The maximum atomic E-state index is 12.1. The first kappa shape index (κ1) is 15.9. The highest BCUT2D eigenvalue weighted by Gasteiger charge is 2.11. The predicted molar refractivity (Wildman–Crippen MR) is 86.7 cm³/mol. The van der Waals surface area contributed by atoms with E-state index >= 15 is 0 Å². The highest BCUT2D eigenvalue weighted by atomic mass is 79.9. The van der Waals surface area contributed by atoms with Crippen molar-refractivity contribution in [3.63, 3.8) is 0 Å². The van der Waals surface area contributed by atoms with Gasteiger partial charge in [0.2, 0.25) is 0 Å². The van der Waals surface area contributed by atoms with Gasteiger partial charge in [-0.1, -0.05) is 17.7 Å². The van der Waals surface area contributed by atoms with Crippen LogP contribution in [0.25, 0.3) is 0 Å². The lowest BCUT2D eigenvalue weighted by Crippen LogP contribution is -2.12. The molecular formula is C16H14BrClO3. The molecule has 0 atom stereocenters. The van der Waals surface area contributed by atoms with Crippen LogP contribution >= 0.6 is 27.5 Å². The number of benzene rings is 2. The molecule has 110 valence electrons. The molecule has 2 aromatic rings. The second-order valence-electron chi connectivity index (χ2n) is 4.50. The molecule has 0 aromatic heterocycles. The molecule has 0 aliphatic carbocycles. The van der Waals surface area contributed by atoms with Crippen molar-refractivity contribution in [2.75, 3.05) is 13.7 Å². The van der Waals surface area contributed by atoms with Gasteiger partial charge in [0.15, 0.2) is 12.4 Å². The summed E-state index contributed by atoms with van der Waals surface area (Å²) in [4.78, 5) is 12.1. The Morgan fingerprint density at radius 1 is 1.19 bits per heavy atom. The standard InChI is InChI=1S/C16H14BrClO3/c1-10-3-5-15(12(17)7-10)21-9-14(19)11-4-6-16(20-2)13(18)8-11/h3-8H,9H2,1-2H3. The molecule has 0 saturated heterocycles. The average Bonchev–Trinajstić information content (AvgIpc) is 2.46. The Morgan fingerprint density at radius 3 is 2.52 bits per heavy atom. The maximum absolute atomic E-state index is 12.1. The summed E-state index contributed by atoms with van der Waals surface area (Å²) in [5.41, 5.74) is 1.60. The highest BCUT2D eigenvalue weighted by molar-refractivity contribution is 9.10. The Hall–Kier alpha value is -1.52. The summed E-state index contributed by atoms with van der Waals surface area (Å²) in [6, 6.07) is 10.6. The number of rotatable bonds is 5. The number of halogens is 2. The fourth-order valence-electron chi connectivity index (χ4n) is 1.79. The molecule has 0 spiro atoms. The molecule has 2 rings (SSSR count). The third kappa shape index (κ3) is 3.99. The van der Waals surface area contributed by atoms with Crippen LogP contribution in [0.5, 0.6) is 11.5 Å². The van der Waals surface area contributed by atoms with Gasteiger partial charge in [0.1, 0.15) is 11.5 Å². The molecular weight excluding hydrogens is 356 g/mol. The number of carbonyl (C=O) groups is 1. The molecule has 0 heterocycles. The zero-order valence-corrected chi connectivity index (χ0v) is 14.0. The average molecular weight is 370 g/mol. The van der Waals surface area contributed by atoms with Crippen LogP contribution in [0.3, 0.4) is 0 Å².